The van der Waals surface area contributed by atoms with E-state index in [9.17, 15) is 0 Å². The van der Waals surface area contributed by atoms with E-state index in [-0.39, 0.29) is 12.3 Å². The van der Waals surface area contributed by atoms with Crippen molar-refractivity contribution >= 4 is 11.7 Å². The van der Waals surface area contributed by atoms with Crippen LogP contribution in [0.15, 0.2) is 42.3 Å². The Hall–Kier alpha value is -2.74. The molecule has 2 aromatic heterocycles. The molecule has 1 unspecified atom stereocenters. The van der Waals surface area contributed by atoms with Crippen LogP contribution in [0.4, 0.5) is 5.82 Å². The van der Waals surface area contributed by atoms with Gasteiger partial charge in [0.1, 0.15) is 29.3 Å². The van der Waals surface area contributed by atoms with Crippen LogP contribution >= 0.6 is 0 Å². The lowest BCUT2D eigenvalue weighted by molar-refractivity contribution is 0.255. The van der Waals surface area contributed by atoms with E-state index in [4.69, 9.17) is 10.1 Å². The molecule has 0 bridgehead atoms. The van der Waals surface area contributed by atoms with Crippen molar-refractivity contribution in [1.29, 1.82) is 0 Å². The number of nitrogens with one attached hydrogen (secondary N) is 1. The Morgan fingerprint density at radius 3 is 2.89 bits per heavy atom. The van der Waals surface area contributed by atoms with Gasteiger partial charge in [0.2, 0.25) is 0 Å². The molecule has 2 aromatic rings. The first kappa shape index (κ1) is 21.6. The minimum atomic E-state index is -0.364. The van der Waals surface area contributed by atoms with Crippen LogP contribution in [-0.2, 0) is 6.54 Å². The summed E-state index contributed by atoms with van der Waals surface area (Å²) in [6, 6.07) is 5.82. The van der Waals surface area contributed by atoms with Crippen LogP contribution in [0.25, 0.3) is 11.5 Å². The van der Waals surface area contributed by atoms with Crippen LogP contribution in [0, 0.1) is 0 Å². The number of amidine groups is 1. The van der Waals surface area contributed by atoms with E-state index in [0.29, 0.717) is 0 Å². The Balaban J connectivity index is 2.24. The fourth-order valence-electron chi connectivity index (χ4n) is 2.90. The van der Waals surface area contributed by atoms with E-state index < -0.39 is 0 Å². The Kier molecular flexibility index (Phi) is 7.69. The molecule has 0 aromatic carbocycles. The van der Waals surface area contributed by atoms with E-state index in [2.05, 4.69) is 45.8 Å². The van der Waals surface area contributed by atoms with Crippen molar-refractivity contribution in [2.75, 3.05) is 19.0 Å². The lowest BCUT2D eigenvalue weighted by Crippen LogP contribution is -2.52. The zero-order chi connectivity index (χ0) is 20.6. The fourth-order valence-corrected chi connectivity index (χ4v) is 2.90. The average molecular weight is 386 g/mol. The first-order chi connectivity index (χ1) is 13.4. The fraction of sp³-hybridized carbons (Fsp3) is 0.500. The van der Waals surface area contributed by atoms with Crippen molar-refractivity contribution in [2.45, 2.75) is 52.2 Å². The smallest absolute Gasteiger partial charge is 0.182 e. The summed E-state index contributed by atoms with van der Waals surface area (Å²) in [7, 11) is 2.00. The third-order valence-corrected chi connectivity index (χ3v) is 4.99. The maximum Gasteiger partial charge on any atom is 0.182 e. The van der Waals surface area contributed by atoms with Crippen LogP contribution in [-0.4, -0.2) is 54.9 Å². The number of nitrogens with zero attached hydrogens (tertiary/aromatic N) is 6. The molecule has 0 spiro atoms. The highest BCUT2D eigenvalue weighted by molar-refractivity contribution is 5.81. The van der Waals surface area contributed by atoms with Gasteiger partial charge >= 0.3 is 0 Å². The molecule has 8 heteroatoms. The van der Waals surface area contributed by atoms with Crippen molar-refractivity contribution in [3.8, 4) is 11.5 Å². The summed E-state index contributed by atoms with van der Waals surface area (Å²) in [5, 5.41) is 20.8. The van der Waals surface area contributed by atoms with Gasteiger partial charge in [0.15, 0.2) is 5.82 Å². The third-order valence-electron chi connectivity index (χ3n) is 4.99. The summed E-state index contributed by atoms with van der Waals surface area (Å²) >= 11 is 0. The number of hydrogen-bond acceptors (Lipinski definition) is 6. The van der Waals surface area contributed by atoms with E-state index >= 15 is 0 Å². The molecular formula is C20H31N7O. The second-order valence-electron chi connectivity index (χ2n) is 6.86. The molecule has 2 heterocycles. The highest BCUT2D eigenvalue weighted by Gasteiger charge is 2.28. The Labute approximate surface area is 167 Å². The van der Waals surface area contributed by atoms with Gasteiger partial charge in [0.05, 0.1) is 0 Å². The Morgan fingerprint density at radius 1 is 1.43 bits per heavy atom. The van der Waals surface area contributed by atoms with Crippen LogP contribution in [0.1, 0.15) is 40.0 Å². The maximum atomic E-state index is 8.99. The number of anilines is 1. The molecule has 1 atom stereocenters. The standard InChI is InChI=1S/C20H31N7O/c1-6-20(4,26(5)16(3)21-7-2)24-18-12-10-11-17(23-18)19-25-22-15-27(19)13-8-9-14-28/h7,10-12,15,28H,2,6,8-9,13-14H2,1,3-5H3,(H,23,24)/b21-16-. The van der Waals surface area contributed by atoms with Gasteiger partial charge in [-0.15, -0.1) is 10.2 Å². The molecule has 0 aliphatic rings. The maximum absolute atomic E-state index is 8.99. The molecule has 152 valence electrons. The topological polar surface area (TPSA) is 91.5 Å². The molecule has 8 nitrogen and oxygen atoms in total. The van der Waals surface area contributed by atoms with Crippen molar-refractivity contribution in [3.63, 3.8) is 0 Å². The van der Waals surface area contributed by atoms with Gasteiger partial charge in [0, 0.05) is 26.4 Å². The number of aryl methyl sites for hydroxylation is 1. The molecule has 28 heavy (non-hydrogen) atoms. The minimum absolute atomic E-state index is 0.187. The summed E-state index contributed by atoms with van der Waals surface area (Å²) < 4.78 is 1.97. The van der Waals surface area contributed by atoms with E-state index in [0.717, 1.165) is 49.0 Å². The molecule has 2 rings (SSSR count). The number of aliphatic hydroxyl groups is 1. The van der Waals surface area contributed by atoms with E-state index in [1.807, 2.05) is 36.7 Å². The Bertz CT molecular complexity index is 801. The molecule has 2 N–H and O–H groups in total. The van der Waals surface area contributed by atoms with Gasteiger partial charge < -0.3 is 19.9 Å². The van der Waals surface area contributed by atoms with Gasteiger partial charge in [-0.2, -0.15) is 0 Å². The predicted molar refractivity (Wildman–Crippen MR) is 113 cm³/mol. The van der Waals surface area contributed by atoms with E-state index in [1.165, 1.54) is 0 Å². The summed E-state index contributed by atoms with van der Waals surface area (Å²) in [4.78, 5) is 11.1. The summed E-state index contributed by atoms with van der Waals surface area (Å²) in [5.41, 5.74) is 0.390. The summed E-state index contributed by atoms with van der Waals surface area (Å²) in [6.07, 6.45) is 5.70. The monoisotopic (exact) mass is 385 g/mol. The van der Waals surface area contributed by atoms with Crippen LogP contribution in [0.2, 0.25) is 0 Å². The number of unbranched alkanes of at least 4 members (excludes halogenated alkanes) is 1. The molecule has 0 amide bonds. The zero-order valence-electron chi connectivity index (χ0n) is 17.3. The average Bonchev–Trinajstić information content (AvgIpc) is 3.16. The number of aromatic nitrogens is 4. The van der Waals surface area contributed by atoms with Crippen LogP contribution in [0.5, 0.6) is 0 Å². The lowest BCUT2D eigenvalue weighted by Gasteiger charge is -2.40. The van der Waals surface area contributed by atoms with Gasteiger partial charge in [-0.25, -0.2) is 9.98 Å². The summed E-state index contributed by atoms with van der Waals surface area (Å²) in [6.45, 7) is 10.8. The Morgan fingerprint density at radius 2 is 2.21 bits per heavy atom. The van der Waals surface area contributed by atoms with Crippen molar-refractivity contribution in [3.05, 3.63) is 37.3 Å². The van der Waals surface area contributed by atoms with Crippen molar-refractivity contribution in [2.24, 2.45) is 4.99 Å². The number of aliphatic imine (C=N–C) groups is 1. The lowest BCUT2D eigenvalue weighted by atomic mass is 10.1. The van der Waals surface area contributed by atoms with Gasteiger partial charge in [0.25, 0.3) is 0 Å². The highest BCUT2D eigenvalue weighted by Crippen LogP contribution is 2.23. The van der Waals surface area contributed by atoms with Gasteiger partial charge in [-0.05, 0) is 45.2 Å². The van der Waals surface area contributed by atoms with Crippen molar-refractivity contribution < 1.29 is 5.11 Å². The molecule has 0 saturated heterocycles. The number of rotatable bonds is 10. The molecule has 0 saturated carbocycles. The van der Waals surface area contributed by atoms with Gasteiger partial charge in [-0.3, -0.25) is 0 Å². The molecule has 0 aliphatic heterocycles. The minimum Gasteiger partial charge on any atom is -0.396 e. The van der Waals surface area contributed by atoms with Crippen LogP contribution in [0.3, 0.4) is 0 Å². The predicted octanol–water partition coefficient (Wildman–Crippen LogP) is 3.14. The number of aliphatic hydroxyl groups excluding tert-OH is 1. The first-order valence-corrected chi connectivity index (χ1v) is 9.58. The largest absolute Gasteiger partial charge is 0.396 e. The molecular weight excluding hydrogens is 354 g/mol. The number of hydrogen-bond donors (Lipinski definition) is 2. The zero-order valence-corrected chi connectivity index (χ0v) is 17.3. The quantitative estimate of drug-likeness (QED) is 0.283. The summed E-state index contributed by atoms with van der Waals surface area (Å²) in [5.74, 6) is 2.34. The normalized spacial score (nSPS) is 13.8. The van der Waals surface area contributed by atoms with Gasteiger partial charge in [-0.1, -0.05) is 19.6 Å². The van der Waals surface area contributed by atoms with Crippen LogP contribution < -0.4 is 5.32 Å². The van der Waals surface area contributed by atoms with E-state index in [1.54, 1.807) is 12.5 Å². The SMILES string of the molecule is C=C/N=C(/C)N(C)C(C)(CC)Nc1cccc(-c2nncn2CCCCO)n1. The molecule has 0 aliphatic carbocycles. The molecule has 0 radical (unpaired) electrons. The second-order valence-corrected chi connectivity index (χ2v) is 6.86. The highest BCUT2D eigenvalue weighted by atomic mass is 16.2. The molecule has 0 fully saturated rings. The first-order valence-electron chi connectivity index (χ1n) is 9.58. The van der Waals surface area contributed by atoms with Crippen molar-refractivity contribution in [1.82, 2.24) is 24.6 Å². The number of pyridine rings is 1. The third kappa shape index (κ3) is 5.16. The second kappa shape index (κ2) is 9.98.